The zero-order valence-corrected chi connectivity index (χ0v) is 10.0. The molecular weight excluding hydrogens is 271 g/mol. The average Bonchev–Trinajstić information content (AvgIpc) is 2.26. The van der Waals surface area contributed by atoms with E-state index in [1.807, 2.05) is 0 Å². The van der Waals surface area contributed by atoms with Gasteiger partial charge in [-0.25, -0.2) is 4.79 Å². The number of benzene rings is 1. The minimum absolute atomic E-state index is 0.0505. The Kier molecular flexibility index (Phi) is 4.84. The maximum absolute atomic E-state index is 11.8. The van der Waals surface area contributed by atoms with Crippen LogP contribution in [0, 0.1) is 0 Å². The van der Waals surface area contributed by atoms with Gasteiger partial charge in [0.1, 0.15) is 0 Å². The molecule has 0 radical (unpaired) electrons. The van der Waals surface area contributed by atoms with Gasteiger partial charge in [-0.15, -0.1) is 0 Å². The third-order valence-corrected chi connectivity index (χ3v) is 2.44. The Morgan fingerprint density at radius 1 is 1.39 bits per heavy atom. The molecule has 0 saturated heterocycles. The molecule has 3 nitrogen and oxygen atoms in total. The molecular formula is C11H11ClF3NO2. The zero-order chi connectivity index (χ0) is 13.8. The lowest BCUT2D eigenvalue weighted by molar-refractivity contribution is -0.137. The zero-order valence-electron chi connectivity index (χ0n) is 9.26. The molecule has 0 aliphatic rings. The van der Waals surface area contributed by atoms with Gasteiger partial charge in [0.15, 0.2) is 0 Å². The third kappa shape index (κ3) is 4.44. The summed E-state index contributed by atoms with van der Waals surface area (Å²) >= 11 is 5.70. The number of carbonyl (C=O) groups excluding carboxylic acids is 1. The van der Waals surface area contributed by atoms with Crippen molar-refractivity contribution in [2.24, 2.45) is 0 Å². The molecule has 0 spiro atoms. The highest BCUT2D eigenvalue weighted by Gasteiger charge is 2.26. The van der Waals surface area contributed by atoms with Gasteiger partial charge in [-0.1, -0.05) is 17.7 Å². The number of esters is 1. The molecule has 18 heavy (non-hydrogen) atoms. The smallest absolute Gasteiger partial charge is 0.389 e. The third-order valence-electron chi connectivity index (χ3n) is 2.11. The molecule has 0 fully saturated rings. The lowest BCUT2D eigenvalue weighted by Gasteiger charge is -2.09. The Bertz CT molecular complexity index is 435. The molecule has 0 bridgehead atoms. The Hall–Kier alpha value is -1.43. The van der Waals surface area contributed by atoms with E-state index in [4.69, 9.17) is 17.3 Å². The van der Waals surface area contributed by atoms with Crippen LogP contribution in [-0.2, 0) is 4.74 Å². The fourth-order valence-electron chi connectivity index (χ4n) is 1.23. The molecule has 0 aromatic heterocycles. The van der Waals surface area contributed by atoms with Crippen LogP contribution >= 0.6 is 11.6 Å². The Balaban J connectivity index is 2.49. The van der Waals surface area contributed by atoms with Crippen molar-refractivity contribution in [2.75, 3.05) is 12.3 Å². The van der Waals surface area contributed by atoms with Crippen molar-refractivity contribution in [3.8, 4) is 0 Å². The standard InChI is InChI=1S/C11H11ClF3NO2/c12-8-4-1-3-7(9(8)16)10(17)18-6-2-5-11(13,14)15/h1,3-4H,2,5-6,16H2. The van der Waals surface area contributed by atoms with Crippen LogP contribution in [0.5, 0.6) is 0 Å². The van der Waals surface area contributed by atoms with Crippen LogP contribution in [-0.4, -0.2) is 18.8 Å². The Morgan fingerprint density at radius 3 is 2.67 bits per heavy atom. The predicted molar refractivity (Wildman–Crippen MR) is 61.4 cm³/mol. The van der Waals surface area contributed by atoms with Crippen molar-refractivity contribution < 1.29 is 22.7 Å². The summed E-state index contributed by atoms with van der Waals surface area (Å²) in [5.74, 6) is -0.780. The van der Waals surface area contributed by atoms with Gasteiger partial charge in [0.2, 0.25) is 0 Å². The highest BCUT2D eigenvalue weighted by Crippen LogP contribution is 2.24. The van der Waals surface area contributed by atoms with Gasteiger partial charge in [-0.05, 0) is 18.6 Å². The number of hydrogen-bond acceptors (Lipinski definition) is 3. The van der Waals surface area contributed by atoms with Crippen molar-refractivity contribution in [2.45, 2.75) is 19.0 Å². The van der Waals surface area contributed by atoms with Crippen molar-refractivity contribution in [3.05, 3.63) is 28.8 Å². The van der Waals surface area contributed by atoms with Gasteiger partial charge in [-0.2, -0.15) is 13.2 Å². The highest BCUT2D eigenvalue weighted by molar-refractivity contribution is 6.33. The van der Waals surface area contributed by atoms with Gasteiger partial charge in [0, 0.05) is 6.42 Å². The number of hydrogen-bond donors (Lipinski definition) is 1. The van der Waals surface area contributed by atoms with Crippen molar-refractivity contribution in [1.29, 1.82) is 0 Å². The number of para-hydroxylation sites is 1. The second-order valence-corrected chi connectivity index (χ2v) is 3.96. The first-order chi connectivity index (χ1) is 8.31. The molecule has 0 aliphatic heterocycles. The lowest BCUT2D eigenvalue weighted by atomic mass is 10.2. The Morgan fingerprint density at radius 2 is 2.06 bits per heavy atom. The molecule has 0 heterocycles. The first kappa shape index (κ1) is 14.6. The minimum Gasteiger partial charge on any atom is -0.462 e. The molecule has 100 valence electrons. The number of alkyl halides is 3. The monoisotopic (exact) mass is 281 g/mol. The maximum atomic E-state index is 11.8. The maximum Gasteiger partial charge on any atom is 0.389 e. The van der Waals surface area contributed by atoms with Crippen molar-refractivity contribution >= 4 is 23.3 Å². The molecule has 1 aromatic carbocycles. The van der Waals surface area contributed by atoms with E-state index in [1.54, 1.807) is 0 Å². The van der Waals surface area contributed by atoms with E-state index in [0.717, 1.165) is 0 Å². The van der Waals surface area contributed by atoms with Crippen LogP contribution in [0.3, 0.4) is 0 Å². The van der Waals surface area contributed by atoms with E-state index in [9.17, 15) is 18.0 Å². The molecule has 0 aliphatic carbocycles. The predicted octanol–water partition coefficient (Wildman–Crippen LogP) is 3.42. The van der Waals surface area contributed by atoms with E-state index in [0.29, 0.717) is 0 Å². The van der Waals surface area contributed by atoms with E-state index in [2.05, 4.69) is 4.74 Å². The van der Waals surface area contributed by atoms with E-state index in [-0.39, 0.29) is 29.3 Å². The number of nitrogens with two attached hydrogens (primary N) is 1. The van der Waals surface area contributed by atoms with E-state index < -0.39 is 18.6 Å². The van der Waals surface area contributed by atoms with Crippen LogP contribution in [0.1, 0.15) is 23.2 Å². The normalized spacial score (nSPS) is 11.3. The van der Waals surface area contributed by atoms with Crippen molar-refractivity contribution in [1.82, 2.24) is 0 Å². The van der Waals surface area contributed by atoms with Crippen molar-refractivity contribution in [3.63, 3.8) is 0 Å². The van der Waals surface area contributed by atoms with Crippen LogP contribution in [0.25, 0.3) is 0 Å². The molecule has 1 aromatic rings. The fourth-order valence-corrected chi connectivity index (χ4v) is 1.40. The van der Waals surface area contributed by atoms with E-state index in [1.165, 1.54) is 18.2 Å². The first-order valence-corrected chi connectivity index (χ1v) is 5.47. The molecule has 0 unspecified atom stereocenters. The average molecular weight is 282 g/mol. The van der Waals surface area contributed by atoms with Gasteiger partial charge >= 0.3 is 12.1 Å². The molecule has 0 saturated carbocycles. The number of carbonyl (C=O) groups is 1. The summed E-state index contributed by atoms with van der Waals surface area (Å²) in [6, 6.07) is 4.40. The van der Waals surface area contributed by atoms with Gasteiger partial charge < -0.3 is 10.5 Å². The number of rotatable bonds is 4. The summed E-state index contributed by atoms with van der Waals surface area (Å²) in [6.45, 7) is -0.315. The molecule has 1 rings (SSSR count). The van der Waals surface area contributed by atoms with Gasteiger partial charge in [-0.3, -0.25) is 0 Å². The van der Waals surface area contributed by atoms with Crippen LogP contribution in [0.4, 0.5) is 18.9 Å². The fraction of sp³-hybridized carbons (Fsp3) is 0.364. The summed E-state index contributed by atoms with van der Waals surface area (Å²) in [6.07, 6.45) is -5.53. The topological polar surface area (TPSA) is 52.3 Å². The molecule has 2 N–H and O–H groups in total. The molecule has 0 amide bonds. The van der Waals surface area contributed by atoms with Crippen LogP contribution in [0.2, 0.25) is 5.02 Å². The van der Waals surface area contributed by atoms with Gasteiger partial charge in [0.05, 0.1) is 22.9 Å². The second kappa shape index (κ2) is 5.95. The number of nitrogen functional groups attached to an aromatic ring is 1. The minimum atomic E-state index is -4.25. The lowest BCUT2D eigenvalue weighted by Crippen LogP contribution is -2.12. The molecule has 0 atom stereocenters. The summed E-state index contributed by atoms with van der Waals surface area (Å²) in [5.41, 5.74) is 5.65. The number of ether oxygens (including phenoxy) is 1. The first-order valence-electron chi connectivity index (χ1n) is 5.09. The largest absolute Gasteiger partial charge is 0.462 e. The van der Waals surface area contributed by atoms with Crippen LogP contribution < -0.4 is 5.73 Å². The summed E-state index contributed by atoms with van der Waals surface area (Å²) in [7, 11) is 0. The molecule has 7 heteroatoms. The van der Waals surface area contributed by atoms with Gasteiger partial charge in [0.25, 0.3) is 0 Å². The summed E-state index contributed by atoms with van der Waals surface area (Å²) < 4.78 is 40.2. The Labute approximate surface area is 107 Å². The van der Waals surface area contributed by atoms with Crippen LogP contribution in [0.15, 0.2) is 18.2 Å². The number of anilines is 1. The number of halogens is 4. The van der Waals surface area contributed by atoms with E-state index >= 15 is 0 Å². The summed E-state index contributed by atoms with van der Waals surface area (Å²) in [5, 5.41) is 0.194. The second-order valence-electron chi connectivity index (χ2n) is 3.56. The summed E-state index contributed by atoms with van der Waals surface area (Å²) in [4.78, 5) is 11.5. The quantitative estimate of drug-likeness (QED) is 0.523. The SMILES string of the molecule is Nc1c(Cl)cccc1C(=O)OCCCC(F)(F)F. The highest BCUT2D eigenvalue weighted by atomic mass is 35.5.